The highest BCUT2D eigenvalue weighted by molar-refractivity contribution is 5.97. The van der Waals surface area contributed by atoms with Gasteiger partial charge in [0.1, 0.15) is 12.1 Å². The Labute approximate surface area is 194 Å². The molecule has 2 amide bonds. The van der Waals surface area contributed by atoms with Crippen molar-refractivity contribution in [1.29, 1.82) is 5.26 Å². The third kappa shape index (κ3) is 8.30. The summed E-state index contributed by atoms with van der Waals surface area (Å²) in [5.74, 6) is -0.970. The van der Waals surface area contributed by atoms with E-state index in [1.54, 1.807) is 52.0 Å². The molecule has 0 heterocycles. The molecule has 0 atom stereocenters. The van der Waals surface area contributed by atoms with Gasteiger partial charge >= 0.3 is 18.0 Å². The number of carbonyl (C=O) groups excluding carboxylic acids is 3. The van der Waals surface area contributed by atoms with Crippen molar-refractivity contribution in [1.82, 2.24) is 5.32 Å². The Kier molecular flexibility index (Phi) is 8.98. The van der Waals surface area contributed by atoms with Crippen molar-refractivity contribution in [2.75, 3.05) is 24.6 Å². The Bertz CT molecular complexity index is 1000. The molecular weight excluding hydrogens is 422 g/mol. The number of urea groups is 1. The molecule has 0 spiro atoms. The number of rotatable bonds is 8. The largest absolute Gasteiger partial charge is 0.466 e. The van der Waals surface area contributed by atoms with E-state index in [-0.39, 0.29) is 26.1 Å². The molecule has 33 heavy (non-hydrogen) atoms. The highest BCUT2D eigenvalue weighted by atomic mass is 16.6. The van der Waals surface area contributed by atoms with E-state index < -0.39 is 23.6 Å². The van der Waals surface area contributed by atoms with E-state index in [2.05, 4.69) is 11.4 Å². The van der Waals surface area contributed by atoms with E-state index in [1.807, 2.05) is 24.3 Å². The van der Waals surface area contributed by atoms with E-state index in [0.29, 0.717) is 11.3 Å². The van der Waals surface area contributed by atoms with Crippen LogP contribution >= 0.6 is 0 Å². The lowest BCUT2D eigenvalue weighted by Gasteiger charge is -2.25. The monoisotopic (exact) mass is 451 g/mol. The highest BCUT2D eigenvalue weighted by Crippen LogP contribution is 2.24. The molecule has 2 aromatic rings. The fourth-order valence-electron chi connectivity index (χ4n) is 2.95. The number of nitrogens with zero attached hydrogens (tertiary/aromatic N) is 2. The van der Waals surface area contributed by atoms with Gasteiger partial charge in [-0.25, -0.2) is 4.79 Å². The summed E-state index contributed by atoms with van der Waals surface area (Å²) >= 11 is 0. The van der Waals surface area contributed by atoms with Crippen molar-refractivity contribution < 1.29 is 23.9 Å². The van der Waals surface area contributed by atoms with Gasteiger partial charge in [0.2, 0.25) is 0 Å². The minimum Gasteiger partial charge on any atom is -0.466 e. The van der Waals surface area contributed by atoms with Crippen LogP contribution in [-0.2, 0) is 19.1 Å². The van der Waals surface area contributed by atoms with E-state index in [1.165, 1.54) is 4.90 Å². The third-order valence-electron chi connectivity index (χ3n) is 4.39. The SMILES string of the molecule is CCOC(=O)CCNC(=O)N(CC(=O)OC(C)(C)C)c1ccc(-c2ccc(C#N)cc2)cc1. The van der Waals surface area contributed by atoms with Gasteiger partial charge in [0, 0.05) is 12.2 Å². The first-order valence-electron chi connectivity index (χ1n) is 10.7. The van der Waals surface area contributed by atoms with Crippen molar-refractivity contribution in [2.24, 2.45) is 0 Å². The normalized spacial score (nSPS) is 10.6. The average molecular weight is 452 g/mol. The van der Waals surface area contributed by atoms with Gasteiger partial charge in [-0.05, 0) is 63.1 Å². The molecule has 0 saturated heterocycles. The number of amides is 2. The predicted octanol–water partition coefficient (Wildman–Crippen LogP) is 4.04. The van der Waals surface area contributed by atoms with Gasteiger partial charge < -0.3 is 14.8 Å². The zero-order valence-corrected chi connectivity index (χ0v) is 19.4. The molecule has 0 radical (unpaired) electrons. The minimum absolute atomic E-state index is 0.0253. The van der Waals surface area contributed by atoms with Gasteiger partial charge in [0.25, 0.3) is 0 Å². The number of carbonyl (C=O) groups is 3. The molecule has 8 heteroatoms. The first kappa shape index (κ1) is 25.4. The van der Waals surface area contributed by atoms with Crippen molar-refractivity contribution >= 4 is 23.7 Å². The molecule has 2 aromatic carbocycles. The summed E-state index contributed by atoms with van der Waals surface area (Å²) in [6, 6.07) is 15.8. The first-order chi connectivity index (χ1) is 15.6. The summed E-state index contributed by atoms with van der Waals surface area (Å²) in [6.07, 6.45) is 0.0253. The van der Waals surface area contributed by atoms with Crippen LogP contribution in [-0.4, -0.2) is 43.3 Å². The molecule has 0 bridgehead atoms. The summed E-state index contributed by atoms with van der Waals surface area (Å²) in [4.78, 5) is 38.1. The first-order valence-corrected chi connectivity index (χ1v) is 10.7. The van der Waals surface area contributed by atoms with Crippen molar-refractivity contribution in [3.05, 3.63) is 54.1 Å². The molecule has 2 rings (SSSR count). The lowest BCUT2D eigenvalue weighted by atomic mass is 10.0. The van der Waals surface area contributed by atoms with Gasteiger partial charge in [0.05, 0.1) is 24.7 Å². The topological polar surface area (TPSA) is 109 Å². The van der Waals surface area contributed by atoms with Gasteiger partial charge in [-0.1, -0.05) is 24.3 Å². The number of hydrogen-bond donors (Lipinski definition) is 1. The standard InChI is InChI=1S/C25H29N3O5/c1-5-32-22(29)14-15-27-24(31)28(17-23(30)33-25(2,3)4)21-12-10-20(11-13-21)19-8-6-18(16-26)7-9-19/h6-13H,5,14-15,17H2,1-4H3,(H,27,31). The number of nitriles is 1. The van der Waals surface area contributed by atoms with Crippen LogP contribution in [0.15, 0.2) is 48.5 Å². The average Bonchev–Trinajstić information content (AvgIpc) is 2.76. The zero-order chi connectivity index (χ0) is 24.4. The number of hydrogen-bond acceptors (Lipinski definition) is 6. The molecule has 0 aliphatic carbocycles. The van der Waals surface area contributed by atoms with Gasteiger partial charge in [-0.2, -0.15) is 5.26 Å². The molecule has 8 nitrogen and oxygen atoms in total. The number of benzene rings is 2. The Balaban J connectivity index is 2.18. The second-order valence-corrected chi connectivity index (χ2v) is 8.20. The van der Waals surface area contributed by atoms with Crippen molar-refractivity contribution in [3.63, 3.8) is 0 Å². The summed E-state index contributed by atoms with van der Waals surface area (Å²) in [6.45, 7) is 7.01. The molecule has 0 unspecified atom stereocenters. The van der Waals surface area contributed by atoms with Crippen molar-refractivity contribution in [3.8, 4) is 17.2 Å². The zero-order valence-electron chi connectivity index (χ0n) is 19.4. The second-order valence-electron chi connectivity index (χ2n) is 8.20. The van der Waals surface area contributed by atoms with Gasteiger partial charge in [-0.15, -0.1) is 0 Å². The van der Waals surface area contributed by atoms with Gasteiger partial charge in [-0.3, -0.25) is 14.5 Å². The molecule has 0 aliphatic heterocycles. The molecular formula is C25H29N3O5. The maximum absolute atomic E-state index is 12.8. The quantitative estimate of drug-likeness (QED) is 0.607. The number of ether oxygens (including phenoxy) is 2. The van der Waals surface area contributed by atoms with Crippen LogP contribution in [0.4, 0.5) is 10.5 Å². The molecule has 1 N–H and O–H groups in total. The van der Waals surface area contributed by atoms with Crippen LogP contribution in [0.5, 0.6) is 0 Å². The molecule has 0 fully saturated rings. The number of anilines is 1. The van der Waals surface area contributed by atoms with E-state index in [0.717, 1.165) is 11.1 Å². The maximum Gasteiger partial charge on any atom is 0.326 e. The Hall–Kier alpha value is -3.86. The van der Waals surface area contributed by atoms with Crippen LogP contribution in [0.1, 0.15) is 39.7 Å². The van der Waals surface area contributed by atoms with Crippen LogP contribution in [0.25, 0.3) is 11.1 Å². The summed E-state index contributed by atoms with van der Waals surface area (Å²) in [7, 11) is 0. The van der Waals surface area contributed by atoms with Crippen LogP contribution in [0.3, 0.4) is 0 Å². The number of nitrogens with one attached hydrogen (secondary N) is 1. The van der Waals surface area contributed by atoms with E-state index in [9.17, 15) is 14.4 Å². The number of esters is 2. The van der Waals surface area contributed by atoms with E-state index in [4.69, 9.17) is 14.7 Å². The Morgan fingerprint density at radius 3 is 2.06 bits per heavy atom. The maximum atomic E-state index is 12.8. The molecule has 174 valence electrons. The van der Waals surface area contributed by atoms with Gasteiger partial charge in [0.15, 0.2) is 0 Å². The summed E-state index contributed by atoms with van der Waals surface area (Å²) in [5.41, 5.74) is 2.18. The molecule has 0 saturated carbocycles. The third-order valence-corrected chi connectivity index (χ3v) is 4.39. The lowest BCUT2D eigenvalue weighted by Crippen LogP contribution is -2.45. The Morgan fingerprint density at radius 2 is 1.55 bits per heavy atom. The highest BCUT2D eigenvalue weighted by Gasteiger charge is 2.23. The molecule has 0 aliphatic rings. The minimum atomic E-state index is -0.692. The summed E-state index contributed by atoms with van der Waals surface area (Å²) < 4.78 is 10.2. The van der Waals surface area contributed by atoms with Crippen LogP contribution < -0.4 is 10.2 Å². The van der Waals surface area contributed by atoms with Crippen LogP contribution in [0.2, 0.25) is 0 Å². The van der Waals surface area contributed by atoms with E-state index >= 15 is 0 Å². The fraction of sp³-hybridized carbons (Fsp3) is 0.360. The summed E-state index contributed by atoms with van der Waals surface area (Å²) in [5, 5.41) is 11.6. The Morgan fingerprint density at radius 1 is 0.970 bits per heavy atom. The van der Waals surface area contributed by atoms with Crippen LogP contribution in [0, 0.1) is 11.3 Å². The lowest BCUT2D eigenvalue weighted by molar-refractivity contribution is -0.153. The fourth-order valence-corrected chi connectivity index (χ4v) is 2.95. The smallest absolute Gasteiger partial charge is 0.326 e. The van der Waals surface area contributed by atoms with Crippen molar-refractivity contribution in [2.45, 2.75) is 39.7 Å². The predicted molar refractivity (Wildman–Crippen MR) is 124 cm³/mol. The second kappa shape index (κ2) is 11.7. The molecule has 0 aromatic heterocycles.